The van der Waals surface area contributed by atoms with E-state index in [0.717, 1.165) is 49.4 Å². The summed E-state index contributed by atoms with van der Waals surface area (Å²) < 4.78 is 1.68. The minimum absolute atomic E-state index is 0.00287. The quantitative estimate of drug-likeness (QED) is 0.287. The number of carboxylic acids is 1. The first-order valence-corrected chi connectivity index (χ1v) is 13.9. The number of tetrazole rings is 1. The van der Waals surface area contributed by atoms with Crippen LogP contribution in [0.1, 0.15) is 42.5 Å². The molecule has 1 aliphatic heterocycles. The van der Waals surface area contributed by atoms with Gasteiger partial charge in [-0.3, -0.25) is 14.6 Å². The van der Waals surface area contributed by atoms with Crippen LogP contribution in [0.15, 0.2) is 78.9 Å². The molecule has 0 spiro atoms. The Labute approximate surface area is 234 Å². The third-order valence-electron chi connectivity index (χ3n) is 7.75. The van der Waals surface area contributed by atoms with Gasteiger partial charge < -0.3 is 10.2 Å². The summed E-state index contributed by atoms with van der Waals surface area (Å²) in [6.07, 6.45) is 1.04. The van der Waals surface area contributed by atoms with E-state index in [-0.39, 0.29) is 11.8 Å². The Morgan fingerprint density at radius 3 is 2.35 bits per heavy atom. The second-order valence-electron chi connectivity index (χ2n) is 10.4. The summed E-state index contributed by atoms with van der Waals surface area (Å²) in [4.78, 5) is 16.4. The van der Waals surface area contributed by atoms with Gasteiger partial charge in [-0.15, -0.1) is 5.10 Å². The zero-order valence-corrected chi connectivity index (χ0v) is 22.8. The van der Waals surface area contributed by atoms with Crippen LogP contribution in [0, 0.1) is 5.92 Å². The van der Waals surface area contributed by atoms with Crippen molar-refractivity contribution in [2.75, 3.05) is 26.2 Å². The van der Waals surface area contributed by atoms with Crippen LogP contribution >= 0.6 is 0 Å². The van der Waals surface area contributed by atoms with Gasteiger partial charge in [0, 0.05) is 44.8 Å². The first-order valence-electron chi connectivity index (χ1n) is 13.9. The lowest BCUT2D eigenvalue weighted by molar-refractivity contribution is -0.142. The summed E-state index contributed by atoms with van der Waals surface area (Å²) in [6.45, 7) is 7.02. The lowest BCUT2D eigenvalue weighted by Crippen LogP contribution is -2.47. The van der Waals surface area contributed by atoms with Gasteiger partial charge >= 0.3 is 5.97 Å². The molecule has 1 fully saturated rings. The molecule has 1 unspecified atom stereocenters. The molecule has 1 saturated heterocycles. The predicted octanol–water partition coefficient (Wildman–Crippen LogP) is 4.45. The Hall–Kier alpha value is -4.08. The number of carbonyl (C=O) groups is 1. The third-order valence-corrected chi connectivity index (χ3v) is 7.75. The van der Waals surface area contributed by atoms with E-state index in [0.29, 0.717) is 25.2 Å². The second-order valence-corrected chi connectivity index (χ2v) is 10.4. The van der Waals surface area contributed by atoms with Gasteiger partial charge in [-0.05, 0) is 52.1 Å². The maximum atomic E-state index is 11.4. The molecule has 208 valence electrons. The summed E-state index contributed by atoms with van der Waals surface area (Å²) in [5.74, 6) is -0.334. The van der Waals surface area contributed by atoms with E-state index in [1.807, 2.05) is 37.3 Å². The Balaban J connectivity index is 1.33. The summed E-state index contributed by atoms with van der Waals surface area (Å²) in [6, 6.07) is 26.3. The van der Waals surface area contributed by atoms with Crippen LogP contribution in [0.25, 0.3) is 11.4 Å². The minimum atomic E-state index is -0.791. The molecule has 3 aromatic carbocycles. The molecule has 1 aromatic heterocycles. The average molecular weight is 541 g/mol. The number of hydrogen-bond acceptors (Lipinski definition) is 7. The zero-order chi connectivity index (χ0) is 27.9. The normalized spacial score (nSPS) is 16.0. The first-order chi connectivity index (χ1) is 19.5. The van der Waals surface area contributed by atoms with E-state index in [1.54, 1.807) is 10.7 Å². The van der Waals surface area contributed by atoms with Crippen molar-refractivity contribution in [3.8, 4) is 17.1 Å². The second kappa shape index (κ2) is 12.8. The van der Waals surface area contributed by atoms with E-state index in [9.17, 15) is 15.0 Å². The maximum absolute atomic E-state index is 11.4. The van der Waals surface area contributed by atoms with E-state index in [4.69, 9.17) is 0 Å². The van der Waals surface area contributed by atoms with Gasteiger partial charge in [-0.1, -0.05) is 73.7 Å². The Morgan fingerprint density at radius 2 is 1.68 bits per heavy atom. The summed E-state index contributed by atoms with van der Waals surface area (Å²) in [5.41, 5.74) is 4.38. The fraction of sp³-hybridized carbons (Fsp3) is 0.355. The van der Waals surface area contributed by atoms with E-state index in [2.05, 4.69) is 67.8 Å². The van der Waals surface area contributed by atoms with Crippen molar-refractivity contribution in [3.05, 3.63) is 95.6 Å². The molecule has 40 heavy (non-hydrogen) atoms. The third kappa shape index (κ3) is 6.55. The molecule has 9 nitrogen and oxygen atoms in total. The van der Waals surface area contributed by atoms with Crippen LogP contribution in [-0.4, -0.2) is 72.4 Å². The first kappa shape index (κ1) is 27.5. The van der Waals surface area contributed by atoms with Gasteiger partial charge in [-0.25, -0.2) is 4.68 Å². The number of aryl methyl sites for hydroxylation is 1. The van der Waals surface area contributed by atoms with Gasteiger partial charge in [0.05, 0.1) is 12.0 Å². The number of aromatic hydroxyl groups is 1. The number of aromatic nitrogens is 4. The van der Waals surface area contributed by atoms with Crippen molar-refractivity contribution in [3.63, 3.8) is 0 Å². The smallest absolute Gasteiger partial charge is 0.306 e. The molecule has 0 saturated carbocycles. The van der Waals surface area contributed by atoms with Crippen LogP contribution in [0.4, 0.5) is 0 Å². The number of phenols is 1. The molecule has 0 aliphatic carbocycles. The molecule has 1 aliphatic rings. The molecular formula is C31H36N6O3. The molecule has 2 heterocycles. The number of carboxylic acid groups (broad SMARTS) is 1. The van der Waals surface area contributed by atoms with E-state index >= 15 is 0 Å². The van der Waals surface area contributed by atoms with Gasteiger partial charge in [0.2, 0.25) is 0 Å². The predicted molar refractivity (Wildman–Crippen MR) is 153 cm³/mol. The highest BCUT2D eigenvalue weighted by Gasteiger charge is 2.27. The number of phenolic OH excluding ortho intramolecular Hbond substituents is 1. The average Bonchev–Trinajstić information content (AvgIpc) is 3.44. The van der Waals surface area contributed by atoms with Crippen LogP contribution in [-0.2, 0) is 17.9 Å². The fourth-order valence-corrected chi connectivity index (χ4v) is 5.49. The van der Waals surface area contributed by atoms with Crippen molar-refractivity contribution in [1.82, 2.24) is 30.0 Å². The molecule has 0 bridgehead atoms. The van der Waals surface area contributed by atoms with E-state index in [1.165, 1.54) is 5.56 Å². The molecule has 2 atom stereocenters. The zero-order valence-electron chi connectivity index (χ0n) is 22.8. The molecule has 2 N–H and O–H groups in total. The highest BCUT2D eigenvalue weighted by Crippen LogP contribution is 2.33. The molecule has 5 rings (SSSR count). The van der Waals surface area contributed by atoms with Crippen molar-refractivity contribution in [2.24, 2.45) is 5.92 Å². The fourth-order valence-electron chi connectivity index (χ4n) is 5.49. The molecular weight excluding hydrogens is 504 g/mol. The van der Waals surface area contributed by atoms with Crippen molar-refractivity contribution >= 4 is 5.97 Å². The highest BCUT2D eigenvalue weighted by atomic mass is 16.4. The number of benzene rings is 3. The monoisotopic (exact) mass is 540 g/mol. The Bertz CT molecular complexity index is 1380. The number of rotatable bonds is 11. The van der Waals surface area contributed by atoms with Gasteiger partial charge in [-0.2, -0.15) is 0 Å². The van der Waals surface area contributed by atoms with Gasteiger partial charge in [0.15, 0.2) is 5.82 Å². The largest absolute Gasteiger partial charge is 0.508 e. The van der Waals surface area contributed by atoms with Crippen LogP contribution < -0.4 is 0 Å². The van der Waals surface area contributed by atoms with Crippen LogP contribution in [0.5, 0.6) is 5.75 Å². The topological polar surface area (TPSA) is 108 Å². The lowest BCUT2D eigenvalue weighted by Gasteiger charge is -2.40. The lowest BCUT2D eigenvalue weighted by atomic mass is 9.95. The van der Waals surface area contributed by atoms with Crippen LogP contribution in [0.2, 0.25) is 0 Å². The highest BCUT2D eigenvalue weighted by molar-refractivity contribution is 5.69. The van der Waals surface area contributed by atoms with Gasteiger partial charge in [0.25, 0.3) is 0 Å². The Kier molecular flexibility index (Phi) is 8.83. The number of hydrogen-bond donors (Lipinski definition) is 2. The van der Waals surface area contributed by atoms with Crippen LogP contribution in [0.3, 0.4) is 0 Å². The SMILES string of the molecule is CCC(CCn1nnnc1-c1ccc([C@@H](c2cccc(O)c2)N2CCN(Cc3ccccc3)CC2)cc1)C(=O)O. The molecule has 4 aromatic rings. The standard InChI is InChI=1S/C31H36N6O3/c1-2-24(31(39)40)15-16-37-30(32-33-34-37)26-13-11-25(12-14-26)29(27-9-6-10-28(38)21-27)36-19-17-35(18-20-36)22-23-7-4-3-5-8-23/h3-14,21,24,29,38H,2,15-20,22H2,1H3,(H,39,40)/t24?,29-/m0/s1. The summed E-state index contributed by atoms with van der Waals surface area (Å²) in [5, 5.41) is 31.8. The van der Waals surface area contributed by atoms with Gasteiger partial charge in [0.1, 0.15) is 5.75 Å². The molecule has 0 amide bonds. The number of piperazine rings is 1. The van der Waals surface area contributed by atoms with Crippen molar-refractivity contribution in [1.29, 1.82) is 0 Å². The van der Waals surface area contributed by atoms with E-state index < -0.39 is 11.9 Å². The molecule has 0 radical (unpaired) electrons. The summed E-state index contributed by atoms with van der Waals surface area (Å²) in [7, 11) is 0. The Morgan fingerprint density at radius 1 is 0.925 bits per heavy atom. The van der Waals surface area contributed by atoms with Crippen molar-refractivity contribution < 1.29 is 15.0 Å². The number of aliphatic carboxylic acids is 1. The summed E-state index contributed by atoms with van der Waals surface area (Å²) >= 11 is 0. The van der Waals surface area contributed by atoms with Crippen molar-refractivity contribution in [2.45, 2.75) is 38.9 Å². The number of nitrogens with zero attached hydrogens (tertiary/aromatic N) is 6. The minimum Gasteiger partial charge on any atom is -0.508 e. The maximum Gasteiger partial charge on any atom is 0.306 e. The molecule has 9 heteroatoms.